The maximum Gasteiger partial charge on any atom is 0.228 e. The summed E-state index contributed by atoms with van der Waals surface area (Å²) in [5, 5.41) is 0. The van der Waals surface area contributed by atoms with Gasteiger partial charge in [0.2, 0.25) is 11.8 Å². The maximum atomic E-state index is 13.4. The summed E-state index contributed by atoms with van der Waals surface area (Å²) in [6.45, 7) is 4.26. The Balaban J connectivity index is 1.39. The fourth-order valence-corrected chi connectivity index (χ4v) is 4.35. The minimum absolute atomic E-state index is 0.0311. The van der Waals surface area contributed by atoms with Crippen molar-refractivity contribution in [3.8, 4) is 0 Å². The van der Waals surface area contributed by atoms with Crippen molar-refractivity contribution in [2.24, 2.45) is 10.8 Å². The van der Waals surface area contributed by atoms with E-state index in [1.807, 2.05) is 11.8 Å². The molecule has 4 rings (SSSR count). The molecule has 0 bridgehead atoms. The number of hydrogen-bond donors (Lipinski definition) is 0. The molecule has 0 radical (unpaired) electrons. The third kappa shape index (κ3) is 3.21. The first-order valence-electron chi connectivity index (χ1n) is 9.31. The maximum absolute atomic E-state index is 13.4. The predicted octanol–water partition coefficient (Wildman–Crippen LogP) is 3.11. The van der Waals surface area contributed by atoms with Crippen LogP contribution in [0.25, 0.3) is 0 Å². The molecule has 1 aromatic rings. The van der Waals surface area contributed by atoms with Gasteiger partial charge in [-0.1, -0.05) is 6.92 Å². The van der Waals surface area contributed by atoms with Crippen molar-refractivity contribution < 1.29 is 18.4 Å². The first-order valence-corrected chi connectivity index (χ1v) is 9.31. The van der Waals surface area contributed by atoms with Crippen molar-refractivity contribution >= 4 is 11.8 Å². The monoisotopic (exact) mass is 362 g/mol. The molecule has 0 unspecified atom stereocenters. The van der Waals surface area contributed by atoms with Crippen LogP contribution in [0, 0.1) is 22.5 Å². The Morgan fingerprint density at radius 3 is 2.27 bits per heavy atom. The van der Waals surface area contributed by atoms with Crippen LogP contribution in [-0.2, 0) is 16.1 Å². The van der Waals surface area contributed by atoms with E-state index in [4.69, 9.17) is 0 Å². The second-order valence-corrected chi connectivity index (χ2v) is 8.56. The zero-order valence-corrected chi connectivity index (χ0v) is 15.1. The number of piperidine rings is 1. The van der Waals surface area contributed by atoms with Crippen LogP contribution < -0.4 is 0 Å². The highest BCUT2D eigenvalue weighted by atomic mass is 19.1. The van der Waals surface area contributed by atoms with Gasteiger partial charge in [-0.2, -0.15) is 0 Å². The van der Waals surface area contributed by atoms with Gasteiger partial charge in [-0.25, -0.2) is 8.78 Å². The first kappa shape index (κ1) is 17.4. The highest BCUT2D eigenvalue weighted by molar-refractivity contribution is 5.85. The molecule has 2 amide bonds. The van der Waals surface area contributed by atoms with Crippen LogP contribution in [0.4, 0.5) is 8.78 Å². The average molecular weight is 362 g/mol. The van der Waals surface area contributed by atoms with Gasteiger partial charge < -0.3 is 9.80 Å². The van der Waals surface area contributed by atoms with Crippen molar-refractivity contribution in [2.45, 2.75) is 45.6 Å². The van der Waals surface area contributed by atoms with Crippen LogP contribution in [-0.4, -0.2) is 41.2 Å². The van der Waals surface area contributed by atoms with Gasteiger partial charge in [-0.3, -0.25) is 9.59 Å². The average Bonchev–Trinajstić information content (AvgIpc) is 3.25. The lowest BCUT2D eigenvalue weighted by molar-refractivity contribution is -0.138. The van der Waals surface area contributed by atoms with Crippen LogP contribution in [0.3, 0.4) is 0 Å². The number of carbonyl (C=O) groups excluding carboxylic acids is 2. The van der Waals surface area contributed by atoms with Crippen molar-refractivity contribution in [1.82, 2.24) is 9.80 Å². The molecule has 4 nitrogen and oxygen atoms in total. The minimum Gasteiger partial charge on any atom is -0.342 e. The number of carbonyl (C=O) groups is 2. The summed E-state index contributed by atoms with van der Waals surface area (Å²) in [4.78, 5) is 28.6. The fraction of sp³-hybridized carbons (Fsp3) is 0.600. The summed E-state index contributed by atoms with van der Waals surface area (Å²) in [6.07, 6.45) is 4.04. The molecular formula is C20H24F2N2O2. The van der Waals surface area contributed by atoms with E-state index in [-0.39, 0.29) is 29.2 Å². The van der Waals surface area contributed by atoms with E-state index in [0.29, 0.717) is 31.6 Å². The molecule has 0 N–H and O–H groups in total. The van der Waals surface area contributed by atoms with Crippen LogP contribution >= 0.6 is 0 Å². The van der Waals surface area contributed by atoms with Crippen LogP contribution in [0.5, 0.6) is 0 Å². The van der Waals surface area contributed by atoms with Gasteiger partial charge in [0.05, 0.1) is 0 Å². The minimum atomic E-state index is -0.623. The van der Waals surface area contributed by atoms with E-state index in [9.17, 15) is 18.4 Å². The topological polar surface area (TPSA) is 40.6 Å². The molecule has 2 heterocycles. The molecule has 1 saturated carbocycles. The summed E-state index contributed by atoms with van der Waals surface area (Å²) < 4.78 is 26.8. The molecule has 0 aromatic heterocycles. The molecular weight excluding hydrogens is 338 g/mol. The zero-order valence-electron chi connectivity index (χ0n) is 15.1. The first-order chi connectivity index (χ1) is 12.3. The summed E-state index contributed by atoms with van der Waals surface area (Å²) >= 11 is 0. The molecule has 1 aromatic carbocycles. The van der Waals surface area contributed by atoms with E-state index in [1.165, 1.54) is 12.1 Å². The second kappa shape index (κ2) is 6.03. The smallest absolute Gasteiger partial charge is 0.228 e. The third-order valence-corrected chi connectivity index (χ3v) is 6.33. The Labute approximate surface area is 152 Å². The Kier molecular flexibility index (Phi) is 4.04. The molecule has 6 heteroatoms. The quantitative estimate of drug-likeness (QED) is 0.829. The van der Waals surface area contributed by atoms with Gasteiger partial charge in [0.25, 0.3) is 0 Å². The number of likely N-dealkylation sites (tertiary alicyclic amines) is 2. The molecule has 2 aliphatic heterocycles. The molecule has 140 valence electrons. The van der Waals surface area contributed by atoms with E-state index in [2.05, 4.69) is 0 Å². The van der Waals surface area contributed by atoms with E-state index < -0.39 is 11.6 Å². The highest BCUT2D eigenvalue weighted by Crippen LogP contribution is 2.48. The Morgan fingerprint density at radius 1 is 1.08 bits per heavy atom. The normalized spacial score (nSPS) is 23.6. The second-order valence-electron chi connectivity index (χ2n) is 8.56. The standard InChI is InChI=1S/C20H24F2N2O2/c1-19(2-3-19)18(26)23-6-4-20(5-7-23)11-17(25)24(13-20)12-14-8-15(21)10-16(22)9-14/h8-10H,2-7,11-13H2,1H3. The number of rotatable bonds is 3. The lowest BCUT2D eigenvalue weighted by Crippen LogP contribution is -2.46. The summed E-state index contributed by atoms with van der Waals surface area (Å²) in [5.74, 6) is -0.962. The SMILES string of the molecule is CC1(C(=O)N2CCC3(CC2)CC(=O)N(Cc2cc(F)cc(F)c2)C3)CC1. The van der Waals surface area contributed by atoms with E-state index in [0.717, 1.165) is 31.7 Å². The summed E-state index contributed by atoms with van der Waals surface area (Å²) in [5.41, 5.74) is 0.218. The van der Waals surface area contributed by atoms with E-state index >= 15 is 0 Å². The lowest BCUT2D eigenvalue weighted by atomic mass is 9.77. The molecule has 1 aliphatic carbocycles. The van der Waals surface area contributed by atoms with Gasteiger partial charge in [0.1, 0.15) is 11.6 Å². The molecule has 3 fully saturated rings. The van der Waals surface area contributed by atoms with Crippen molar-refractivity contribution in [3.05, 3.63) is 35.4 Å². The Hall–Kier alpha value is -1.98. The van der Waals surface area contributed by atoms with Gasteiger partial charge in [-0.05, 0) is 43.4 Å². The van der Waals surface area contributed by atoms with Gasteiger partial charge in [0.15, 0.2) is 0 Å². The fourth-order valence-electron chi connectivity index (χ4n) is 4.35. The molecule has 26 heavy (non-hydrogen) atoms. The van der Waals surface area contributed by atoms with Crippen molar-refractivity contribution in [1.29, 1.82) is 0 Å². The zero-order chi connectivity index (χ0) is 18.5. The highest BCUT2D eigenvalue weighted by Gasteiger charge is 2.50. The summed E-state index contributed by atoms with van der Waals surface area (Å²) in [7, 11) is 0. The molecule has 1 spiro atoms. The predicted molar refractivity (Wildman–Crippen MR) is 92.0 cm³/mol. The number of hydrogen-bond acceptors (Lipinski definition) is 2. The number of halogens is 2. The van der Waals surface area contributed by atoms with Crippen LogP contribution in [0.2, 0.25) is 0 Å². The molecule has 0 atom stereocenters. The number of amides is 2. The van der Waals surface area contributed by atoms with Crippen LogP contribution in [0.15, 0.2) is 18.2 Å². The molecule has 2 saturated heterocycles. The largest absolute Gasteiger partial charge is 0.342 e. The van der Waals surface area contributed by atoms with E-state index in [1.54, 1.807) is 4.90 Å². The Bertz CT molecular complexity index is 732. The van der Waals surface area contributed by atoms with Crippen molar-refractivity contribution in [2.75, 3.05) is 19.6 Å². The third-order valence-electron chi connectivity index (χ3n) is 6.33. The van der Waals surface area contributed by atoms with Gasteiger partial charge in [0, 0.05) is 49.5 Å². The molecule has 3 aliphatic rings. The van der Waals surface area contributed by atoms with Crippen LogP contribution in [0.1, 0.15) is 44.6 Å². The number of nitrogens with zero attached hydrogens (tertiary/aromatic N) is 2. The van der Waals surface area contributed by atoms with Gasteiger partial charge >= 0.3 is 0 Å². The van der Waals surface area contributed by atoms with Crippen molar-refractivity contribution in [3.63, 3.8) is 0 Å². The Morgan fingerprint density at radius 2 is 1.69 bits per heavy atom. The lowest BCUT2D eigenvalue weighted by Gasteiger charge is -2.39. The summed E-state index contributed by atoms with van der Waals surface area (Å²) in [6, 6.07) is 3.39. The number of benzene rings is 1. The van der Waals surface area contributed by atoms with Gasteiger partial charge in [-0.15, -0.1) is 0 Å².